The maximum Gasteiger partial charge on any atom is 0.168 e. The molecule has 20 heavy (non-hydrogen) atoms. The normalized spacial score (nSPS) is 12.6. The van der Waals surface area contributed by atoms with Crippen LogP contribution in [0.25, 0.3) is 0 Å². The molecule has 0 saturated carbocycles. The highest BCUT2D eigenvalue weighted by molar-refractivity contribution is 6.30. The molecule has 7 heteroatoms. The third-order valence-electron chi connectivity index (χ3n) is 2.92. The van der Waals surface area contributed by atoms with E-state index in [0.29, 0.717) is 18.2 Å². The summed E-state index contributed by atoms with van der Waals surface area (Å²) in [5.74, 6) is 0.793. The van der Waals surface area contributed by atoms with Gasteiger partial charge in [0.1, 0.15) is 0 Å². The molecule has 0 saturated heterocycles. The third-order valence-corrected chi connectivity index (χ3v) is 3.16. The predicted molar refractivity (Wildman–Crippen MR) is 76.7 cm³/mol. The molecular formula is C13H18ClN5O. The number of tetrazole rings is 1. The molecule has 2 aromatic rings. The maximum atomic E-state index is 5.98. The van der Waals surface area contributed by atoms with E-state index in [1.54, 1.807) is 11.8 Å². The van der Waals surface area contributed by atoms with Crippen molar-refractivity contribution in [2.45, 2.75) is 19.5 Å². The van der Waals surface area contributed by atoms with Crippen molar-refractivity contribution in [3.05, 3.63) is 40.7 Å². The number of nitrogens with zero attached hydrogens (tertiary/aromatic N) is 4. The van der Waals surface area contributed by atoms with Crippen LogP contribution in [-0.4, -0.2) is 40.5 Å². The maximum absolute atomic E-state index is 5.98. The summed E-state index contributed by atoms with van der Waals surface area (Å²) in [7, 11) is 1.68. The number of rotatable bonds is 7. The zero-order chi connectivity index (χ0) is 14.4. The molecular weight excluding hydrogens is 278 g/mol. The van der Waals surface area contributed by atoms with Crippen molar-refractivity contribution >= 4 is 11.6 Å². The first kappa shape index (κ1) is 14.9. The van der Waals surface area contributed by atoms with Crippen molar-refractivity contribution in [1.29, 1.82) is 0 Å². The number of halogens is 1. The summed E-state index contributed by atoms with van der Waals surface area (Å²) in [5, 5.41) is 15.9. The Morgan fingerprint density at radius 2 is 2.30 bits per heavy atom. The van der Waals surface area contributed by atoms with Gasteiger partial charge in [0.25, 0.3) is 0 Å². The highest BCUT2D eigenvalue weighted by Gasteiger charge is 2.14. The van der Waals surface area contributed by atoms with Crippen molar-refractivity contribution in [2.24, 2.45) is 0 Å². The Hall–Kier alpha value is -1.50. The Morgan fingerprint density at radius 3 is 3.05 bits per heavy atom. The number of ether oxygens (including phenoxy) is 1. The third kappa shape index (κ3) is 4.00. The van der Waals surface area contributed by atoms with Gasteiger partial charge in [-0.25, -0.2) is 4.68 Å². The van der Waals surface area contributed by atoms with Gasteiger partial charge in [0.05, 0.1) is 19.2 Å². The van der Waals surface area contributed by atoms with Crippen LogP contribution in [0.3, 0.4) is 0 Å². The van der Waals surface area contributed by atoms with Crippen molar-refractivity contribution in [3.63, 3.8) is 0 Å². The number of aromatic nitrogens is 4. The smallest absolute Gasteiger partial charge is 0.168 e. The molecule has 0 amide bonds. The topological polar surface area (TPSA) is 64.9 Å². The minimum absolute atomic E-state index is 0.0549. The number of hydrogen-bond acceptors (Lipinski definition) is 5. The summed E-state index contributed by atoms with van der Waals surface area (Å²) in [4.78, 5) is 0. The lowest BCUT2D eigenvalue weighted by atomic mass is 10.2. The highest BCUT2D eigenvalue weighted by atomic mass is 35.5. The fraction of sp³-hybridized carbons (Fsp3) is 0.462. The summed E-state index contributed by atoms with van der Waals surface area (Å²) < 4.78 is 6.79. The molecule has 1 aromatic carbocycles. The Morgan fingerprint density at radius 1 is 1.45 bits per heavy atom. The molecule has 1 N–H and O–H groups in total. The zero-order valence-corrected chi connectivity index (χ0v) is 12.3. The molecule has 0 spiro atoms. The van der Waals surface area contributed by atoms with E-state index in [1.165, 1.54) is 0 Å². The molecule has 0 fully saturated rings. The van der Waals surface area contributed by atoms with Gasteiger partial charge in [-0.1, -0.05) is 23.7 Å². The second kappa shape index (κ2) is 7.33. The van der Waals surface area contributed by atoms with Crippen molar-refractivity contribution in [2.75, 3.05) is 20.3 Å². The Balaban J connectivity index is 2.04. The van der Waals surface area contributed by atoms with Gasteiger partial charge in [0.2, 0.25) is 0 Å². The lowest BCUT2D eigenvalue weighted by Gasteiger charge is -2.13. The predicted octanol–water partition coefficient (Wildman–Crippen LogP) is 1.67. The summed E-state index contributed by atoms with van der Waals surface area (Å²) in [6.07, 6.45) is 0. The molecule has 1 atom stereocenters. The first-order valence-electron chi connectivity index (χ1n) is 6.43. The standard InChI is InChI=1S/C13H18ClN5O/c1-10(15-6-7-20-2)13-16-17-18-19(13)9-11-4-3-5-12(14)8-11/h3-5,8,10,15H,6-7,9H2,1-2H3. The summed E-state index contributed by atoms with van der Waals surface area (Å²) >= 11 is 5.98. The van der Waals surface area contributed by atoms with Crippen LogP contribution in [0.4, 0.5) is 0 Å². The van der Waals surface area contributed by atoms with E-state index in [4.69, 9.17) is 16.3 Å². The van der Waals surface area contributed by atoms with Crippen LogP contribution >= 0.6 is 11.6 Å². The van der Waals surface area contributed by atoms with E-state index in [9.17, 15) is 0 Å². The van der Waals surface area contributed by atoms with Crippen molar-refractivity contribution < 1.29 is 4.74 Å². The van der Waals surface area contributed by atoms with E-state index >= 15 is 0 Å². The summed E-state index contributed by atoms with van der Waals surface area (Å²) in [5.41, 5.74) is 1.06. The lowest BCUT2D eigenvalue weighted by Crippen LogP contribution is -2.26. The number of methoxy groups -OCH3 is 1. The van der Waals surface area contributed by atoms with Gasteiger partial charge in [-0.3, -0.25) is 0 Å². The fourth-order valence-corrected chi connectivity index (χ4v) is 2.12. The van der Waals surface area contributed by atoms with Crippen molar-refractivity contribution in [3.8, 4) is 0 Å². The van der Waals surface area contributed by atoms with E-state index < -0.39 is 0 Å². The molecule has 2 rings (SSSR count). The monoisotopic (exact) mass is 295 g/mol. The quantitative estimate of drug-likeness (QED) is 0.787. The first-order valence-corrected chi connectivity index (χ1v) is 6.81. The Bertz CT molecular complexity index is 545. The van der Waals surface area contributed by atoms with Gasteiger partial charge in [-0.15, -0.1) is 5.10 Å². The van der Waals surface area contributed by atoms with Crippen LogP contribution in [-0.2, 0) is 11.3 Å². The molecule has 0 aliphatic rings. The first-order chi connectivity index (χ1) is 9.70. The molecule has 6 nitrogen and oxygen atoms in total. The van der Waals surface area contributed by atoms with E-state index in [1.807, 2.05) is 31.2 Å². The average Bonchev–Trinajstić information content (AvgIpc) is 2.87. The molecule has 0 aliphatic heterocycles. The fourth-order valence-electron chi connectivity index (χ4n) is 1.91. The number of nitrogens with one attached hydrogen (secondary N) is 1. The van der Waals surface area contributed by atoms with Gasteiger partial charge in [0, 0.05) is 18.7 Å². The van der Waals surface area contributed by atoms with Gasteiger partial charge in [0.15, 0.2) is 5.82 Å². The van der Waals surface area contributed by atoms with Gasteiger partial charge in [-0.2, -0.15) is 0 Å². The molecule has 1 heterocycles. The van der Waals surface area contributed by atoms with Crippen LogP contribution in [0.15, 0.2) is 24.3 Å². The highest BCUT2D eigenvalue weighted by Crippen LogP contribution is 2.14. The summed E-state index contributed by atoms with van der Waals surface area (Å²) in [6, 6.07) is 7.73. The minimum Gasteiger partial charge on any atom is -0.383 e. The minimum atomic E-state index is 0.0549. The number of hydrogen-bond donors (Lipinski definition) is 1. The number of benzene rings is 1. The Kier molecular flexibility index (Phi) is 5.46. The van der Waals surface area contributed by atoms with Crippen LogP contribution in [0.1, 0.15) is 24.4 Å². The van der Waals surface area contributed by atoms with Crippen LogP contribution in [0, 0.1) is 0 Å². The zero-order valence-electron chi connectivity index (χ0n) is 11.6. The van der Waals surface area contributed by atoms with E-state index in [-0.39, 0.29) is 6.04 Å². The van der Waals surface area contributed by atoms with E-state index in [2.05, 4.69) is 20.8 Å². The second-order valence-corrected chi connectivity index (χ2v) is 4.93. The molecule has 0 aliphatic carbocycles. The summed E-state index contributed by atoms with van der Waals surface area (Å²) in [6.45, 7) is 4.02. The van der Waals surface area contributed by atoms with Crippen LogP contribution < -0.4 is 5.32 Å². The van der Waals surface area contributed by atoms with Crippen LogP contribution in [0.5, 0.6) is 0 Å². The SMILES string of the molecule is COCCNC(C)c1nnnn1Cc1cccc(Cl)c1. The van der Waals surface area contributed by atoms with Gasteiger partial charge in [-0.05, 0) is 35.0 Å². The largest absolute Gasteiger partial charge is 0.383 e. The second-order valence-electron chi connectivity index (χ2n) is 4.49. The van der Waals surface area contributed by atoms with Gasteiger partial charge < -0.3 is 10.1 Å². The molecule has 1 unspecified atom stereocenters. The van der Waals surface area contributed by atoms with Gasteiger partial charge >= 0.3 is 0 Å². The lowest BCUT2D eigenvalue weighted by molar-refractivity contribution is 0.196. The Labute approximate surface area is 123 Å². The molecule has 108 valence electrons. The van der Waals surface area contributed by atoms with Crippen molar-refractivity contribution in [1.82, 2.24) is 25.5 Å². The molecule has 0 radical (unpaired) electrons. The van der Waals surface area contributed by atoms with E-state index in [0.717, 1.165) is 17.9 Å². The van der Waals surface area contributed by atoms with Crippen LogP contribution in [0.2, 0.25) is 5.02 Å². The molecule has 1 aromatic heterocycles. The average molecular weight is 296 g/mol. The molecule has 0 bridgehead atoms.